The lowest BCUT2D eigenvalue weighted by Gasteiger charge is -1.97. The fourth-order valence-electron chi connectivity index (χ4n) is 1.77. The van der Waals surface area contributed by atoms with Crippen molar-refractivity contribution in [2.45, 2.75) is 0 Å². The molecule has 2 N–H and O–H groups in total. The van der Waals surface area contributed by atoms with Crippen LogP contribution in [0.5, 0.6) is 11.5 Å². The molecular weight excluding hydrogens is 263 g/mol. The van der Waals surface area contributed by atoms with E-state index in [0.717, 1.165) is 6.07 Å². The highest BCUT2D eigenvalue weighted by Gasteiger charge is 2.15. The van der Waals surface area contributed by atoms with Gasteiger partial charge in [-0.05, 0) is 24.3 Å². The molecule has 0 bridgehead atoms. The molecule has 3 aromatic rings. The first-order chi connectivity index (χ1) is 9.63. The van der Waals surface area contributed by atoms with Crippen LogP contribution >= 0.6 is 0 Å². The van der Waals surface area contributed by atoms with Crippen molar-refractivity contribution in [3.8, 4) is 34.3 Å². The summed E-state index contributed by atoms with van der Waals surface area (Å²) in [6, 6.07) is 9.98. The van der Waals surface area contributed by atoms with Gasteiger partial charge in [0.25, 0.3) is 5.89 Å². The normalized spacial score (nSPS) is 10.7. The van der Waals surface area contributed by atoms with Crippen molar-refractivity contribution in [2.75, 3.05) is 0 Å². The fourth-order valence-corrected chi connectivity index (χ4v) is 1.77. The smallest absolute Gasteiger partial charge is 0.261 e. The lowest BCUT2D eigenvalue weighted by molar-refractivity contribution is 0.428. The Hall–Kier alpha value is -2.89. The number of hydrogen-bond acceptors (Lipinski definition) is 5. The molecule has 0 saturated carbocycles. The Kier molecular flexibility index (Phi) is 2.83. The minimum atomic E-state index is -0.656. The van der Waals surface area contributed by atoms with Crippen LogP contribution in [0.2, 0.25) is 0 Å². The highest BCUT2D eigenvalue weighted by molar-refractivity contribution is 5.61. The molecular formula is C14H9FN2O3. The number of phenolic OH excluding ortho intramolecular Hbond substituents is 2. The third-order valence-corrected chi connectivity index (χ3v) is 2.71. The van der Waals surface area contributed by atoms with Crippen LogP contribution in [0.25, 0.3) is 22.8 Å². The lowest BCUT2D eigenvalue weighted by atomic mass is 10.2. The summed E-state index contributed by atoms with van der Waals surface area (Å²) < 4.78 is 18.7. The molecule has 2 aromatic carbocycles. The van der Waals surface area contributed by atoms with Gasteiger partial charge in [0.1, 0.15) is 17.3 Å². The molecule has 0 atom stereocenters. The fraction of sp³-hybridized carbons (Fsp3) is 0. The number of rotatable bonds is 2. The molecule has 0 radical (unpaired) electrons. The van der Waals surface area contributed by atoms with Crippen LogP contribution in [0.15, 0.2) is 47.0 Å². The molecule has 0 spiro atoms. The van der Waals surface area contributed by atoms with E-state index >= 15 is 0 Å². The zero-order valence-corrected chi connectivity index (χ0v) is 10.1. The number of phenols is 2. The second-order valence-corrected chi connectivity index (χ2v) is 4.14. The van der Waals surface area contributed by atoms with Gasteiger partial charge in [0.2, 0.25) is 5.82 Å². The van der Waals surface area contributed by atoms with Crippen LogP contribution in [-0.4, -0.2) is 20.4 Å². The third kappa shape index (κ3) is 2.18. The number of aromatic hydroxyl groups is 2. The number of hydrogen-bond donors (Lipinski definition) is 2. The highest BCUT2D eigenvalue weighted by atomic mass is 19.1. The average Bonchev–Trinajstić information content (AvgIpc) is 2.88. The van der Waals surface area contributed by atoms with Crippen molar-refractivity contribution in [1.82, 2.24) is 10.1 Å². The number of nitrogens with zero attached hydrogens (tertiary/aromatic N) is 2. The van der Waals surface area contributed by atoms with E-state index < -0.39 is 5.82 Å². The zero-order chi connectivity index (χ0) is 14.1. The molecule has 0 aliphatic heterocycles. The second-order valence-electron chi connectivity index (χ2n) is 4.14. The Morgan fingerprint density at radius 2 is 1.80 bits per heavy atom. The highest BCUT2D eigenvalue weighted by Crippen LogP contribution is 2.27. The summed E-state index contributed by atoms with van der Waals surface area (Å²) in [5, 5.41) is 22.3. The van der Waals surface area contributed by atoms with Crippen molar-refractivity contribution in [3.63, 3.8) is 0 Å². The van der Waals surface area contributed by atoms with Crippen molar-refractivity contribution >= 4 is 0 Å². The van der Waals surface area contributed by atoms with E-state index in [-0.39, 0.29) is 28.8 Å². The maximum atomic E-state index is 13.7. The molecule has 5 nitrogen and oxygen atoms in total. The summed E-state index contributed by atoms with van der Waals surface area (Å²) >= 11 is 0. The maximum absolute atomic E-state index is 13.7. The molecule has 100 valence electrons. The van der Waals surface area contributed by atoms with Gasteiger partial charge in [-0.15, -0.1) is 0 Å². The van der Waals surface area contributed by atoms with Crippen molar-refractivity contribution in [1.29, 1.82) is 0 Å². The van der Waals surface area contributed by atoms with Gasteiger partial charge in [0, 0.05) is 11.6 Å². The van der Waals surface area contributed by atoms with Crippen molar-refractivity contribution in [2.24, 2.45) is 0 Å². The predicted molar refractivity (Wildman–Crippen MR) is 68.5 cm³/mol. The van der Waals surface area contributed by atoms with Gasteiger partial charge >= 0.3 is 0 Å². The zero-order valence-electron chi connectivity index (χ0n) is 10.1. The van der Waals surface area contributed by atoms with Gasteiger partial charge in [0.15, 0.2) is 0 Å². The van der Waals surface area contributed by atoms with Crippen LogP contribution in [0.3, 0.4) is 0 Å². The van der Waals surface area contributed by atoms with Crippen LogP contribution in [-0.2, 0) is 0 Å². The van der Waals surface area contributed by atoms with E-state index in [4.69, 9.17) is 9.63 Å². The standard InChI is InChI=1S/C14H9FN2O3/c15-12-7-10(19)4-5-11(12)14-16-13(17-20-14)8-2-1-3-9(18)6-8/h1-7,18-19H. The first kappa shape index (κ1) is 12.2. The first-order valence-corrected chi connectivity index (χ1v) is 5.75. The van der Waals surface area contributed by atoms with E-state index in [2.05, 4.69) is 10.1 Å². The molecule has 0 fully saturated rings. The summed E-state index contributed by atoms with van der Waals surface area (Å²) in [6.07, 6.45) is 0. The molecule has 6 heteroatoms. The van der Waals surface area contributed by atoms with E-state index in [9.17, 15) is 9.50 Å². The molecule has 0 aliphatic rings. The van der Waals surface area contributed by atoms with Gasteiger partial charge < -0.3 is 14.7 Å². The van der Waals surface area contributed by atoms with E-state index in [1.54, 1.807) is 12.1 Å². The van der Waals surface area contributed by atoms with E-state index in [0.29, 0.717) is 5.56 Å². The van der Waals surface area contributed by atoms with Gasteiger partial charge in [-0.25, -0.2) is 4.39 Å². The Balaban J connectivity index is 2.02. The lowest BCUT2D eigenvalue weighted by Crippen LogP contribution is -1.85. The topological polar surface area (TPSA) is 79.4 Å². The van der Waals surface area contributed by atoms with Crippen LogP contribution in [0, 0.1) is 5.82 Å². The summed E-state index contributed by atoms with van der Waals surface area (Å²) in [5.74, 6) is -0.524. The molecule has 0 saturated heterocycles. The van der Waals surface area contributed by atoms with Gasteiger partial charge in [0.05, 0.1) is 5.56 Å². The number of benzene rings is 2. The minimum Gasteiger partial charge on any atom is -0.508 e. The first-order valence-electron chi connectivity index (χ1n) is 5.75. The van der Waals surface area contributed by atoms with Crippen LogP contribution in [0.1, 0.15) is 0 Å². The third-order valence-electron chi connectivity index (χ3n) is 2.71. The van der Waals surface area contributed by atoms with Gasteiger partial charge in [-0.3, -0.25) is 0 Å². The summed E-state index contributed by atoms with van der Waals surface area (Å²) in [6.45, 7) is 0. The molecule has 1 aromatic heterocycles. The maximum Gasteiger partial charge on any atom is 0.261 e. The van der Waals surface area contributed by atoms with Gasteiger partial charge in [-0.1, -0.05) is 17.3 Å². The number of halogens is 1. The minimum absolute atomic E-state index is 0.000780. The van der Waals surface area contributed by atoms with Crippen LogP contribution < -0.4 is 0 Å². The Bertz CT molecular complexity index is 771. The Morgan fingerprint density at radius 1 is 1.00 bits per heavy atom. The number of aromatic nitrogens is 2. The van der Waals surface area contributed by atoms with Crippen LogP contribution in [0.4, 0.5) is 4.39 Å². The monoisotopic (exact) mass is 272 g/mol. The van der Waals surface area contributed by atoms with Crippen molar-refractivity contribution in [3.05, 3.63) is 48.3 Å². The summed E-state index contributed by atoms with van der Waals surface area (Å²) in [4.78, 5) is 4.07. The van der Waals surface area contributed by atoms with Gasteiger partial charge in [-0.2, -0.15) is 4.98 Å². The van der Waals surface area contributed by atoms with E-state index in [1.165, 1.54) is 24.3 Å². The second kappa shape index (κ2) is 4.65. The Labute approximate surface area is 112 Å². The quantitative estimate of drug-likeness (QED) is 0.749. The SMILES string of the molecule is Oc1cccc(-c2noc(-c3ccc(O)cc3F)n2)c1. The molecule has 0 aliphatic carbocycles. The predicted octanol–water partition coefficient (Wildman–Crippen LogP) is 2.95. The largest absolute Gasteiger partial charge is 0.508 e. The summed E-state index contributed by atoms with van der Waals surface area (Å²) in [5.41, 5.74) is 0.654. The van der Waals surface area contributed by atoms with Crippen molar-refractivity contribution < 1.29 is 19.1 Å². The molecule has 3 rings (SSSR count). The molecule has 1 heterocycles. The molecule has 20 heavy (non-hydrogen) atoms. The Morgan fingerprint density at radius 3 is 2.55 bits per heavy atom. The molecule has 0 unspecified atom stereocenters. The molecule has 0 amide bonds. The average molecular weight is 272 g/mol. The summed E-state index contributed by atoms with van der Waals surface area (Å²) in [7, 11) is 0. The van der Waals surface area contributed by atoms with E-state index in [1.807, 2.05) is 0 Å².